The van der Waals surface area contributed by atoms with Crippen molar-refractivity contribution in [1.82, 2.24) is 9.88 Å². The van der Waals surface area contributed by atoms with Crippen LogP contribution in [0.4, 0.5) is 19.0 Å². The highest BCUT2D eigenvalue weighted by Crippen LogP contribution is 2.37. The summed E-state index contributed by atoms with van der Waals surface area (Å²) in [5.74, 6) is -0.430. The number of rotatable bonds is 4. The molecule has 2 N–H and O–H groups in total. The average molecular weight is 330 g/mol. The van der Waals surface area contributed by atoms with E-state index in [4.69, 9.17) is 5.73 Å². The van der Waals surface area contributed by atoms with Gasteiger partial charge in [-0.1, -0.05) is 0 Å². The number of halogens is 3. The van der Waals surface area contributed by atoms with E-state index < -0.39 is 17.8 Å². The van der Waals surface area contributed by atoms with Gasteiger partial charge in [0.05, 0.1) is 5.56 Å². The number of carbonyl (C=O) groups is 1. The summed E-state index contributed by atoms with van der Waals surface area (Å²) in [5.41, 5.74) is 5.07. The van der Waals surface area contributed by atoms with Gasteiger partial charge < -0.3 is 15.5 Å². The van der Waals surface area contributed by atoms with E-state index in [2.05, 4.69) is 4.98 Å². The van der Waals surface area contributed by atoms with Crippen molar-refractivity contribution in [2.24, 2.45) is 5.73 Å². The smallest absolute Gasteiger partial charge is 0.342 e. The molecule has 23 heavy (non-hydrogen) atoms. The molecule has 5 nitrogen and oxygen atoms in total. The fraction of sp³-hybridized carbons (Fsp3) is 0.600. The molecule has 2 heterocycles. The molecule has 1 aromatic rings. The van der Waals surface area contributed by atoms with Gasteiger partial charge in [0.15, 0.2) is 0 Å². The number of aromatic nitrogens is 1. The summed E-state index contributed by atoms with van der Waals surface area (Å²) in [6.45, 7) is 4.86. The summed E-state index contributed by atoms with van der Waals surface area (Å²) >= 11 is 0. The van der Waals surface area contributed by atoms with Crippen molar-refractivity contribution in [2.75, 3.05) is 24.5 Å². The Morgan fingerprint density at radius 2 is 2.09 bits per heavy atom. The third-order valence-electron chi connectivity index (χ3n) is 4.06. The molecule has 2 atom stereocenters. The number of hydrogen-bond acceptors (Lipinski definition) is 4. The SMILES string of the molecule is CCN(CC)C(=O)[C@@H]1C[C@@H](N)CN1c1ncccc1C(F)(F)F. The lowest BCUT2D eigenvalue weighted by Gasteiger charge is -2.30. The van der Waals surface area contributed by atoms with Crippen molar-refractivity contribution in [3.8, 4) is 0 Å². The molecule has 0 saturated carbocycles. The summed E-state index contributed by atoms with van der Waals surface area (Å²) in [7, 11) is 0. The largest absolute Gasteiger partial charge is 0.419 e. The minimum absolute atomic E-state index is 0.178. The Bertz CT molecular complexity index is 560. The molecule has 0 unspecified atom stereocenters. The number of nitrogens with zero attached hydrogens (tertiary/aromatic N) is 3. The van der Waals surface area contributed by atoms with Crippen molar-refractivity contribution < 1.29 is 18.0 Å². The molecule has 2 rings (SSSR count). The van der Waals surface area contributed by atoms with Gasteiger partial charge in [0.25, 0.3) is 0 Å². The zero-order chi connectivity index (χ0) is 17.2. The highest BCUT2D eigenvalue weighted by molar-refractivity contribution is 5.86. The molecule has 0 bridgehead atoms. The van der Waals surface area contributed by atoms with Crippen molar-refractivity contribution in [1.29, 1.82) is 0 Å². The van der Waals surface area contributed by atoms with E-state index in [9.17, 15) is 18.0 Å². The summed E-state index contributed by atoms with van der Waals surface area (Å²) < 4.78 is 39.7. The molecule has 8 heteroatoms. The number of pyridine rings is 1. The van der Waals surface area contributed by atoms with Crippen LogP contribution in [0.15, 0.2) is 18.3 Å². The van der Waals surface area contributed by atoms with Gasteiger partial charge in [-0.05, 0) is 32.4 Å². The number of hydrogen-bond donors (Lipinski definition) is 1. The number of alkyl halides is 3. The molecule has 1 aromatic heterocycles. The summed E-state index contributed by atoms with van der Waals surface area (Å²) in [6, 6.07) is 1.15. The average Bonchev–Trinajstić information content (AvgIpc) is 2.89. The van der Waals surface area contributed by atoms with Crippen LogP contribution in [0.2, 0.25) is 0 Å². The van der Waals surface area contributed by atoms with E-state index in [1.54, 1.807) is 4.90 Å². The third-order valence-corrected chi connectivity index (χ3v) is 4.06. The second kappa shape index (κ2) is 6.74. The third kappa shape index (κ3) is 3.57. The van der Waals surface area contributed by atoms with Crippen LogP contribution in [0, 0.1) is 0 Å². The summed E-state index contributed by atoms with van der Waals surface area (Å²) in [4.78, 5) is 19.5. The van der Waals surface area contributed by atoms with Gasteiger partial charge in [0, 0.05) is 31.9 Å². The Morgan fingerprint density at radius 1 is 1.43 bits per heavy atom. The lowest BCUT2D eigenvalue weighted by molar-refractivity contribution is -0.138. The van der Waals surface area contributed by atoms with Crippen LogP contribution in [0.5, 0.6) is 0 Å². The van der Waals surface area contributed by atoms with Gasteiger partial charge in [-0.15, -0.1) is 0 Å². The number of anilines is 1. The van der Waals surface area contributed by atoms with Crippen LogP contribution in [0.25, 0.3) is 0 Å². The maximum Gasteiger partial charge on any atom is 0.419 e. The number of carbonyl (C=O) groups excluding carboxylic acids is 1. The monoisotopic (exact) mass is 330 g/mol. The second-order valence-electron chi connectivity index (χ2n) is 5.55. The van der Waals surface area contributed by atoms with Crippen LogP contribution in [-0.2, 0) is 11.0 Å². The van der Waals surface area contributed by atoms with Crippen LogP contribution in [0.1, 0.15) is 25.8 Å². The van der Waals surface area contributed by atoms with E-state index in [0.29, 0.717) is 19.5 Å². The minimum Gasteiger partial charge on any atom is -0.342 e. The first kappa shape index (κ1) is 17.5. The summed E-state index contributed by atoms with van der Waals surface area (Å²) in [6.07, 6.45) is -2.91. The van der Waals surface area contributed by atoms with Crippen LogP contribution in [-0.4, -0.2) is 47.5 Å². The number of amides is 1. The van der Waals surface area contributed by atoms with Gasteiger partial charge in [0.1, 0.15) is 11.9 Å². The van der Waals surface area contributed by atoms with Crippen molar-refractivity contribution in [2.45, 2.75) is 38.5 Å². The highest BCUT2D eigenvalue weighted by Gasteiger charge is 2.42. The van der Waals surface area contributed by atoms with E-state index in [0.717, 1.165) is 6.07 Å². The first-order chi connectivity index (χ1) is 10.8. The van der Waals surface area contributed by atoms with Crippen LogP contribution in [0.3, 0.4) is 0 Å². The van der Waals surface area contributed by atoms with Gasteiger partial charge in [-0.3, -0.25) is 4.79 Å². The van der Waals surface area contributed by atoms with Crippen molar-refractivity contribution >= 4 is 11.7 Å². The standard InChI is InChI=1S/C15H21F3N4O/c1-3-21(4-2)14(23)12-8-10(19)9-22(12)13-11(15(16,17)18)6-5-7-20-13/h5-7,10,12H,3-4,8-9,19H2,1-2H3/t10-,12+/m1/s1. The van der Waals surface area contributed by atoms with Crippen LogP contribution < -0.4 is 10.6 Å². The maximum absolute atomic E-state index is 13.2. The Balaban J connectivity index is 2.39. The fourth-order valence-corrected chi connectivity index (χ4v) is 2.93. The highest BCUT2D eigenvalue weighted by atomic mass is 19.4. The Hall–Kier alpha value is -1.83. The predicted molar refractivity (Wildman–Crippen MR) is 80.9 cm³/mol. The zero-order valence-electron chi connectivity index (χ0n) is 13.2. The van der Waals surface area contributed by atoms with E-state index >= 15 is 0 Å². The zero-order valence-corrected chi connectivity index (χ0v) is 13.2. The van der Waals surface area contributed by atoms with Crippen molar-refractivity contribution in [3.05, 3.63) is 23.9 Å². The molecular weight excluding hydrogens is 309 g/mol. The molecule has 0 radical (unpaired) electrons. The predicted octanol–water partition coefficient (Wildman–Crippen LogP) is 1.87. The first-order valence-electron chi connectivity index (χ1n) is 7.62. The Kier molecular flexibility index (Phi) is 5.13. The molecule has 1 saturated heterocycles. The number of nitrogens with two attached hydrogens (primary N) is 1. The topological polar surface area (TPSA) is 62.5 Å². The van der Waals surface area contributed by atoms with E-state index in [-0.39, 0.29) is 24.3 Å². The Labute approximate surface area is 133 Å². The maximum atomic E-state index is 13.2. The fourth-order valence-electron chi connectivity index (χ4n) is 2.93. The van der Waals surface area contributed by atoms with Crippen LogP contribution >= 0.6 is 0 Å². The van der Waals surface area contributed by atoms with Gasteiger partial charge >= 0.3 is 6.18 Å². The lowest BCUT2D eigenvalue weighted by atomic mass is 10.1. The molecule has 0 aliphatic carbocycles. The first-order valence-corrected chi connectivity index (χ1v) is 7.62. The molecule has 1 amide bonds. The van der Waals surface area contributed by atoms with Gasteiger partial charge in [-0.25, -0.2) is 4.98 Å². The van der Waals surface area contributed by atoms with Gasteiger partial charge in [0.2, 0.25) is 5.91 Å². The van der Waals surface area contributed by atoms with Crippen molar-refractivity contribution in [3.63, 3.8) is 0 Å². The second-order valence-corrected chi connectivity index (χ2v) is 5.55. The Morgan fingerprint density at radius 3 is 2.65 bits per heavy atom. The van der Waals surface area contributed by atoms with Gasteiger partial charge in [-0.2, -0.15) is 13.2 Å². The lowest BCUT2D eigenvalue weighted by Crippen LogP contribution is -2.46. The molecule has 0 spiro atoms. The number of likely N-dealkylation sites (N-methyl/N-ethyl adjacent to an activating group) is 1. The normalized spacial score (nSPS) is 21.6. The van der Waals surface area contributed by atoms with E-state index in [1.807, 2.05) is 13.8 Å². The molecular formula is C15H21F3N4O. The molecule has 1 aliphatic heterocycles. The molecule has 1 aliphatic rings. The summed E-state index contributed by atoms with van der Waals surface area (Å²) in [5, 5.41) is 0. The van der Waals surface area contributed by atoms with E-state index in [1.165, 1.54) is 17.2 Å². The molecule has 0 aromatic carbocycles. The minimum atomic E-state index is -4.53. The quantitative estimate of drug-likeness (QED) is 0.915. The molecule has 128 valence electrons. The molecule has 1 fully saturated rings.